The third-order valence-electron chi connectivity index (χ3n) is 2.82. The number of benzene rings is 1. The van der Waals surface area contributed by atoms with Crippen molar-refractivity contribution in [1.29, 1.82) is 0 Å². The van der Waals surface area contributed by atoms with Gasteiger partial charge in [-0.1, -0.05) is 30.4 Å². The zero-order valence-corrected chi connectivity index (χ0v) is 12.2. The number of para-hydroxylation sites is 1. The normalized spacial score (nSPS) is 11.5. The Bertz CT molecular complexity index is 449. The van der Waals surface area contributed by atoms with Crippen LogP contribution in [0.5, 0.6) is 5.75 Å². The summed E-state index contributed by atoms with van der Waals surface area (Å²) in [6.45, 7) is 11.3. The van der Waals surface area contributed by atoms with Crippen molar-refractivity contribution < 1.29 is 14.3 Å². The van der Waals surface area contributed by atoms with Gasteiger partial charge in [0.2, 0.25) is 0 Å². The van der Waals surface area contributed by atoms with Crippen molar-refractivity contribution in [1.82, 2.24) is 0 Å². The molecule has 108 valence electrons. The summed E-state index contributed by atoms with van der Waals surface area (Å²) in [5.41, 5.74) is 2.02. The Morgan fingerprint density at radius 1 is 1.25 bits per heavy atom. The van der Waals surface area contributed by atoms with Crippen LogP contribution < -0.4 is 4.74 Å². The molecular formula is C17H22O3. The molecule has 0 fully saturated rings. The van der Waals surface area contributed by atoms with E-state index in [0.717, 1.165) is 16.9 Å². The molecule has 0 aromatic heterocycles. The third kappa shape index (κ3) is 4.26. The second-order valence-electron chi connectivity index (χ2n) is 4.40. The summed E-state index contributed by atoms with van der Waals surface area (Å²) >= 11 is 0. The van der Waals surface area contributed by atoms with Gasteiger partial charge >= 0.3 is 5.97 Å². The smallest absolute Gasteiger partial charge is 0.347 e. The molecule has 3 nitrogen and oxygen atoms in total. The molecule has 20 heavy (non-hydrogen) atoms. The van der Waals surface area contributed by atoms with Crippen LogP contribution in [0.15, 0.2) is 43.5 Å². The Morgan fingerprint density at radius 3 is 2.25 bits per heavy atom. The van der Waals surface area contributed by atoms with Gasteiger partial charge in [0.25, 0.3) is 0 Å². The van der Waals surface area contributed by atoms with Crippen molar-refractivity contribution in [3.8, 4) is 5.75 Å². The lowest BCUT2D eigenvalue weighted by molar-refractivity contribution is -0.150. The predicted octanol–water partition coefficient (Wildman–Crippen LogP) is 3.47. The lowest BCUT2D eigenvalue weighted by atomic mass is 10.0. The van der Waals surface area contributed by atoms with Crippen LogP contribution in [0.1, 0.15) is 25.0 Å². The highest BCUT2D eigenvalue weighted by atomic mass is 16.6. The van der Waals surface area contributed by atoms with Crippen LogP contribution in [0.25, 0.3) is 0 Å². The van der Waals surface area contributed by atoms with Crippen LogP contribution in [-0.2, 0) is 22.4 Å². The zero-order valence-electron chi connectivity index (χ0n) is 12.2. The molecule has 0 aliphatic carbocycles. The first-order chi connectivity index (χ1) is 9.63. The number of carbonyl (C=O) groups excluding carboxylic acids is 1. The van der Waals surface area contributed by atoms with Crippen molar-refractivity contribution in [2.24, 2.45) is 0 Å². The maximum Gasteiger partial charge on any atom is 0.347 e. The molecule has 1 rings (SSSR count). The Hall–Kier alpha value is -2.03. The standard InChI is InChI=1S/C17H22O3/c1-5-9-14-11-8-12-15(10-6-2)16(14)20-13(4)17(18)19-7-3/h5-6,8,11-13H,1-2,7,9-10H2,3-4H3/t13-/m0/s1. The van der Waals surface area contributed by atoms with E-state index in [4.69, 9.17) is 9.47 Å². The summed E-state index contributed by atoms with van der Waals surface area (Å²) in [6.07, 6.45) is 4.37. The molecule has 0 radical (unpaired) electrons. The molecule has 3 heteroatoms. The minimum absolute atomic E-state index is 0.348. The van der Waals surface area contributed by atoms with E-state index >= 15 is 0 Å². The molecule has 0 aliphatic rings. The van der Waals surface area contributed by atoms with E-state index < -0.39 is 6.10 Å². The number of esters is 1. The van der Waals surface area contributed by atoms with Crippen LogP contribution in [0, 0.1) is 0 Å². The summed E-state index contributed by atoms with van der Waals surface area (Å²) in [5, 5.41) is 0. The Kier molecular flexibility index (Phi) is 6.57. The van der Waals surface area contributed by atoms with Gasteiger partial charge in [0.15, 0.2) is 6.10 Å². The summed E-state index contributed by atoms with van der Waals surface area (Å²) in [7, 11) is 0. The number of carbonyl (C=O) groups is 1. The third-order valence-corrected chi connectivity index (χ3v) is 2.82. The largest absolute Gasteiger partial charge is 0.478 e. The SMILES string of the molecule is C=CCc1cccc(CC=C)c1O[C@@H](C)C(=O)OCC. The van der Waals surface area contributed by atoms with Gasteiger partial charge in [-0.2, -0.15) is 0 Å². The van der Waals surface area contributed by atoms with Crippen LogP contribution in [-0.4, -0.2) is 18.7 Å². The Labute approximate surface area is 120 Å². The number of rotatable bonds is 8. The number of hydrogen-bond acceptors (Lipinski definition) is 3. The second-order valence-corrected chi connectivity index (χ2v) is 4.40. The molecular weight excluding hydrogens is 252 g/mol. The molecule has 0 amide bonds. The fraction of sp³-hybridized carbons (Fsp3) is 0.353. The van der Waals surface area contributed by atoms with Crippen molar-refractivity contribution >= 4 is 5.97 Å². The van der Waals surface area contributed by atoms with Gasteiger partial charge in [0, 0.05) is 0 Å². The summed E-state index contributed by atoms with van der Waals surface area (Å²) in [6, 6.07) is 5.92. The lowest BCUT2D eigenvalue weighted by Gasteiger charge is -2.18. The van der Waals surface area contributed by atoms with Crippen molar-refractivity contribution in [2.45, 2.75) is 32.8 Å². The number of allylic oxidation sites excluding steroid dienone is 2. The minimum atomic E-state index is -0.635. The maximum atomic E-state index is 11.7. The number of ether oxygens (including phenoxy) is 2. The van der Waals surface area contributed by atoms with Crippen LogP contribution in [0.4, 0.5) is 0 Å². The van der Waals surface area contributed by atoms with E-state index in [0.29, 0.717) is 19.4 Å². The average molecular weight is 274 g/mol. The minimum Gasteiger partial charge on any atom is -0.478 e. The molecule has 1 aromatic rings. The van der Waals surface area contributed by atoms with E-state index in [-0.39, 0.29) is 5.97 Å². The molecule has 1 aromatic carbocycles. The maximum absolute atomic E-state index is 11.7. The molecule has 0 saturated heterocycles. The molecule has 0 N–H and O–H groups in total. The van der Waals surface area contributed by atoms with E-state index in [1.807, 2.05) is 30.4 Å². The quantitative estimate of drug-likeness (QED) is 0.538. The van der Waals surface area contributed by atoms with Gasteiger partial charge in [-0.3, -0.25) is 0 Å². The summed E-state index contributed by atoms with van der Waals surface area (Å²) < 4.78 is 10.8. The molecule has 0 saturated carbocycles. The van der Waals surface area contributed by atoms with Gasteiger partial charge in [-0.05, 0) is 37.8 Å². The fourth-order valence-corrected chi connectivity index (χ4v) is 1.91. The fourth-order valence-electron chi connectivity index (χ4n) is 1.91. The van der Waals surface area contributed by atoms with Gasteiger partial charge in [0.05, 0.1) is 6.61 Å². The molecule has 0 heterocycles. The van der Waals surface area contributed by atoms with Crippen molar-refractivity contribution in [3.05, 3.63) is 54.6 Å². The molecule has 0 unspecified atom stereocenters. The van der Waals surface area contributed by atoms with Crippen molar-refractivity contribution in [3.63, 3.8) is 0 Å². The van der Waals surface area contributed by atoms with E-state index in [1.165, 1.54) is 0 Å². The summed E-state index contributed by atoms with van der Waals surface area (Å²) in [5.74, 6) is 0.373. The van der Waals surface area contributed by atoms with Gasteiger partial charge in [-0.25, -0.2) is 4.79 Å². The molecule has 0 bridgehead atoms. The average Bonchev–Trinajstić information content (AvgIpc) is 2.43. The van der Waals surface area contributed by atoms with Gasteiger partial charge in [-0.15, -0.1) is 13.2 Å². The molecule has 0 aliphatic heterocycles. The van der Waals surface area contributed by atoms with Crippen LogP contribution >= 0.6 is 0 Å². The highest BCUT2D eigenvalue weighted by Gasteiger charge is 2.19. The van der Waals surface area contributed by atoms with Crippen LogP contribution in [0.2, 0.25) is 0 Å². The molecule has 1 atom stereocenters. The topological polar surface area (TPSA) is 35.5 Å². The highest BCUT2D eigenvalue weighted by Crippen LogP contribution is 2.27. The van der Waals surface area contributed by atoms with E-state index in [1.54, 1.807) is 13.8 Å². The monoisotopic (exact) mass is 274 g/mol. The van der Waals surface area contributed by atoms with Crippen molar-refractivity contribution in [2.75, 3.05) is 6.61 Å². The van der Waals surface area contributed by atoms with E-state index in [2.05, 4.69) is 13.2 Å². The Morgan fingerprint density at radius 2 is 1.80 bits per heavy atom. The second kappa shape index (κ2) is 8.20. The first kappa shape index (κ1) is 16.0. The first-order valence-corrected chi connectivity index (χ1v) is 6.79. The lowest BCUT2D eigenvalue weighted by Crippen LogP contribution is -2.27. The summed E-state index contributed by atoms with van der Waals surface area (Å²) in [4.78, 5) is 11.7. The predicted molar refractivity (Wildman–Crippen MR) is 81.0 cm³/mol. The zero-order chi connectivity index (χ0) is 15.0. The first-order valence-electron chi connectivity index (χ1n) is 6.79. The van der Waals surface area contributed by atoms with Gasteiger partial charge in [0.1, 0.15) is 5.75 Å². The van der Waals surface area contributed by atoms with E-state index in [9.17, 15) is 4.79 Å². The highest BCUT2D eigenvalue weighted by molar-refractivity contribution is 5.74. The molecule has 0 spiro atoms. The van der Waals surface area contributed by atoms with Gasteiger partial charge < -0.3 is 9.47 Å². The Balaban J connectivity index is 3.02. The number of hydrogen-bond donors (Lipinski definition) is 0. The van der Waals surface area contributed by atoms with Crippen LogP contribution in [0.3, 0.4) is 0 Å².